The Labute approximate surface area is 117 Å². The van der Waals surface area contributed by atoms with Crippen molar-refractivity contribution in [1.82, 2.24) is 0 Å². The topological polar surface area (TPSA) is 72.8 Å². The molecular weight excluding hydrogens is 280 g/mol. The highest BCUT2D eigenvalue weighted by Crippen LogP contribution is 2.20. The molecule has 0 aliphatic carbocycles. The Morgan fingerprint density at radius 2 is 1.70 bits per heavy atom. The molecule has 0 atom stereocenters. The Hall–Kier alpha value is -1.63. The molecule has 20 heavy (non-hydrogen) atoms. The second-order valence-electron chi connectivity index (χ2n) is 4.26. The summed E-state index contributed by atoms with van der Waals surface area (Å²) in [5.74, 6) is 0.338. The van der Waals surface area contributed by atoms with Gasteiger partial charge in [0, 0.05) is 0 Å². The van der Waals surface area contributed by atoms with E-state index in [1.54, 1.807) is 0 Å². The van der Waals surface area contributed by atoms with Gasteiger partial charge in [0.2, 0.25) is 0 Å². The average molecular weight is 296 g/mol. The summed E-state index contributed by atoms with van der Waals surface area (Å²) in [6.07, 6.45) is 0. The zero-order chi connectivity index (χ0) is 14.4. The number of hydrogen-bond donors (Lipinski definition) is 1. The Morgan fingerprint density at radius 1 is 0.950 bits per heavy atom. The lowest BCUT2D eigenvalue weighted by Gasteiger charge is -2.07. The first-order valence-corrected chi connectivity index (χ1v) is 7.80. The lowest BCUT2D eigenvalue weighted by atomic mass is 10.1. The van der Waals surface area contributed by atoms with E-state index in [1.807, 2.05) is 42.5 Å². The number of ether oxygens (including phenoxy) is 2. The fraction of sp³-hybridized carbons (Fsp3) is 0.286. The monoisotopic (exact) mass is 296 g/mol. The Balaban J connectivity index is 1.76. The molecule has 108 valence electrons. The number of fused-ring (bicyclic) bond motifs is 1. The van der Waals surface area contributed by atoms with E-state index in [-0.39, 0.29) is 13.2 Å². The van der Waals surface area contributed by atoms with Crippen LogP contribution < -0.4 is 4.74 Å². The summed E-state index contributed by atoms with van der Waals surface area (Å²) >= 11 is 0. The fourth-order valence-electron chi connectivity index (χ4n) is 1.74. The average Bonchev–Trinajstić information content (AvgIpc) is 2.41. The third kappa shape index (κ3) is 4.80. The van der Waals surface area contributed by atoms with Gasteiger partial charge in [-0.05, 0) is 22.9 Å². The van der Waals surface area contributed by atoms with Gasteiger partial charge in [-0.2, -0.15) is 8.42 Å². The molecule has 0 radical (unpaired) electrons. The van der Waals surface area contributed by atoms with Gasteiger partial charge in [-0.3, -0.25) is 4.55 Å². The Bertz CT molecular complexity index is 666. The van der Waals surface area contributed by atoms with Crippen molar-refractivity contribution in [3.05, 3.63) is 42.5 Å². The first-order chi connectivity index (χ1) is 9.54. The summed E-state index contributed by atoms with van der Waals surface area (Å²) in [6, 6.07) is 13.8. The molecule has 0 spiro atoms. The van der Waals surface area contributed by atoms with Gasteiger partial charge < -0.3 is 9.47 Å². The van der Waals surface area contributed by atoms with Crippen molar-refractivity contribution in [3.8, 4) is 5.75 Å². The standard InChI is InChI=1S/C14H16O5S/c15-20(16,17)10-9-18-7-8-19-14-6-5-12-3-1-2-4-13(12)11-14/h1-6,11H,7-10H2,(H,15,16,17). The van der Waals surface area contributed by atoms with E-state index in [4.69, 9.17) is 14.0 Å². The minimum atomic E-state index is -3.95. The van der Waals surface area contributed by atoms with Gasteiger partial charge >= 0.3 is 0 Å². The molecule has 0 heterocycles. The highest BCUT2D eigenvalue weighted by atomic mass is 32.2. The van der Waals surface area contributed by atoms with Crippen molar-refractivity contribution >= 4 is 20.9 Å². The van der Waals surface area contributed by atoms with Crippen LogP contribution in [-0.2, 0) is 14.9 Å². The van der Waals surface area contributed by atoms with Crippen LogP contribution in [0.4, 0.5) is 0 Å². The predicted octanol–water partition coefficient (Wildman–Crippen LogP) is 2.12. The van der Waals surface area contributed by atoms with Crippen molar-refractivity contribution < 1.29 is 22.4 Å². The zero-order valence-electron chi connectivity index (χ0n) is 10.9. The molecule has 0 aromatic heterocycles. The third-order valence-electron chi connectivity index (χ3n) is 2.70. The zero-order valence-corrected chi connectivity index (χ0v) is 11.7. The normalized spacial score (nSPS) is 11.7. The highest BCUT2D eigenvalue weighted by molar-refractivity contribution is 7.85. The van der Waals surface area contributed by atoms with E-state index in [0.29, 0.717) is 6.61 Å². The summed E-state index contributed by atoms with van der Waals surface area (Å²) < 4.78 is 40.0. The second kappa shape index (κ2) is 6.69. The molecule has 0 aliphatic heterocycles. The molecule has 0 saturated heterocycles. The second-order valence-corrected chi connectivity index (χ2v) is 5.83. The first-order valence-electron chi connectivity index (χ1n) is 6.19. The molecule has 5 nitrogen and oxygen atoms in total. The number of rotatable bonds is 7. The largest absolute Gasteiger partial charge is 0.491 e. The van der Waals surface area contributed by atoms with Gasteiger partial charge in [0.25, 0.3) is 10.1 Å². The molecule has 2 aromatic carbocycles. The molecular formula is C14H16O5S. The summed E-state index contributed by atoms with van der Waals surface area (Å²) in [7, 11) is -3.95. The van der Waals surface area contributed by atoms with E-state index < -0.39 is 15.9 Å². The maximum atomic E-state index is 10.5. The molecule has 0 fully saturated rings. The number of hydrogen-bond acceptors (Lipinski definition) is 4. The summed E-state index contributed by atoms with van der Waals surface area (Å²) in [6.45, 7) is 0.548. The predicted molar refractivity (Wildman–Crippen MR) is 76.7 cm³/mol. The maximum Gasteiger partial charge on any atom is 0.267 e. The maximum absolute atomic E-state index is 10.5. The van der Waals surface area contributed by atoms with Crippen LogP contribution in [0.25, 0.3) is 10.8 Å². The minimum Gasteiger partial charge on any atom is -0.491 e. The molecule has 0 amide bonds. The van der Waals surface area contributed by atoms with E-state index in [1.165, 1.54) is 0 Å². The van der Waals surface area contributed by atoms with Crippen molar-refractivity contribution in [2.45, 2.75) is 0 Å². The minimum absolute atomic E-state index is 0.0418. The summed E-state index contributed by atoms with van der Waals surface area (Å²) in [4.78, 5) is 0. The van der Waals surface area contributed by atoms with Gasteiger partial charge in [0.1, 0.15) is 12.4 Å². The Kier molecular flexibility index (Phi) is 4.94. The van der Waals surface area contributed by atoms with E-state index in [0.717, 1.165) is 16.5 Å². The van der Waals surface area contributed by atoms with Crippen molar-refractivity contribution in [2.75, 3.05) is 25.6 Å². The van der Waals surface area contributed by atoms with Crippen LogP contribution in [0.5, 0.6) is 5.75 Å². The van der Waals surface area contributed by atoms with Crippen LogP contribution in [0, 0.1) is 0 Å². The third-order valence-corrected chi connectivity index (χ3v) is 3.39. The van der Waals surface area contributed by atoms with Crippen LogP contribution in [-0.4, -0.2) is 38.5 Å². The SMILES string of the molecule is O=S(=O)(O)CCOCCOc1ccc2ccccc2c1. The van der Waals surface area contributed by atoms with Crippen molar-refractivity contribution in [1.29, 1.82) is 0 Å². The molecule has 0 bridgehead atoms. The van der Waals surface area contributed by atoms with Crippen LogP contribution >= 0.6 is 0 Å². The van der Waals surface area contributed by atoms with E-state index in [2.05, 4.69) is 0 Å². The lowest BCUT2D eigenvalue weighted by Crippen LogP contribution is -2.14. The highest BCUT2D eigenvalue weighted by Gasteiger charge is 2.03. The van der Waals surface area contributed by atoms with Crippen LogP contribution in [0.1, 0.15) is 0 Å². The number of benzene rings is 2. The van der Waals surface area contributed by atoms with Gasteiger partial charge in [-0.15, -0.1) is 0 Å². The molecule has 2 aromatic rings. The van der Waals surface area contributed by atoms with E-state index >= 15 is 0 Å². The quantitative estimate of drug-likeness (QED) is 0.626. The first kappa shape index (κ1) is 14.8. The van der Waals surface area contributed by atoms with Gasteiger partial charge in [-0.1, -0.05) is 30.3 Å². The lowest BCUT2D eigenvalue weighted by molar-refractivity contribution is 0.110. The smallest absolute Gasteiger partial charge is 0.267 e. The molecule has 6 heteroatoms. The molecule has 2 rings (SSSR count). The van der Waals surface area contributed by atoms with Gasteiger partial charge in [-0.25, -0.2) is 0 Å². The molecule has 0 unspecified atom stereocenters. The van der Waals surface area contributed by atoms with Gasteiger partial charge in [0.05, 0.1) is 19.0 Å². The summed E-state index contributed by atoms with van der Waals surface area (Å²) in [5, 5.41) is 2.24. The molecule has 0 aliphatic rings. The van der Waals surface area contributed by atoms with E-state index in [9.17, 15) is 8.42 Å². The van der Waals surface area contributed by atoms with Crippen molar-refractivity contribution in [2.24, 2.45) is 0 Å². The fourth-order valence-corrected chi connectivity index (χ4v) is 2.07. The van der Waals surface area contributed by atoms with Crippen molar-refractivity contribution in [3.63, 3.8) is 0 Å². The molecule has 1 N–H and O–H groups in total. The Morgan fingerprint density at radius 3 is 2.45 bits per heavy atom. The van der Waals surface area contributed by atoms with Crippen LogP contribution in [0.15, 0.2) is 42.5 Å². The van der Waals surface area contributed by atoms with Crippen LogP contribution in [0.3, 0.4) is 0 Å². The summed E-state index contributed by atoms with van der Waals surface area (Å²) in [5.41, 5.74) is 0. The van der Waals surface area contributed by atoms with Crippen LogP contribution in [0.2, 0.25) is 0 Å². The van der Waals surface area contributed by atoms with Gasteiger partial charge in [0.15, 0.2) is 0 Å². The molecule has 0 saturated carbocycles.